The lowest BCUT2D eigenvalue weighted by molar-refractivity contribution is -0.384. The van der Waals surface area contributed by atoms with Crippen molar-refractivity contribution in [3.63, 3.8) is 0 Å². The number of nitrogens with zero attached hydrogens (tertiary/aromatic N) is 1. The van der Waals surface area contributed by atoms with Crippen LogP contribution in [0.1, 0.15) is 32.6 Å². The second kappa shape index (κ2) is 7.67. The van der Waals surface area contributed by atoms with Gasteiger partial charge >= 0.3 is 24.1 Å². The molecule has 0 bridgehead atoms. The Morgan fingerprint density at radius 2 is 1.64 bits per heavy atom. The van der Waals surface area contributed by atoms with Gasteiger partial charge in [-0.1, -0.05) is 0 Å². The van der Waals surface area contributed by atoms with E-state index in [0.717, 1.165) is 7.11 Å². The largest absolute Gasteiger partial charge is 0.469 e. The molecule has 1 unspecified atom stereocenters. The summed E-state index contributed by atoms with van der Waals surface area (Å²) in [7, 11) is 0.718. The first-order valence-electron chi connectivity index (χ1n) is 6.02. The summed E-state index contributed by atoms with van der Waals surface area (Å²) in [5.41, 5.74) is -2.81. The van der Waals surface area contributed by atoms with E-state index in [-0.39, 0.29) is 19.3 Å². The molecule has 128 valence electrons. The molecular weight excluding hydrogens is 323 g/mol. The number of hydrogen-bond donors (Lipinski definition) is 0. The molecule has 0 N–H and O–H groups in total. The van der Waals surface area contributed by atoms with E-state index in [2.05, 4.69) is 9.47 Å². The molecule has 0 aliphatic carbocycles. The number of unbranched alkanes of at least 4 members (excludes halogenated alkanes) is 2. The van der Waals surface area contributed by atoms with E-state index >= 15 is 0 Å². The molecule has 22 heavy (non-hydrogen) atoms. The summed E-state index contributed by atoms with van der Waals surface area (Å²) in [6.45, 7) is 0.615. The molecule has 0 aliphatic heterocycles. The number of ether oxygens (including phenoxy) is 2. The smallest absolute Gasteiger partial charge is 0.398 e. The van der Waals surface area contributed by atoms with E-state index in [0.29, 0.717) is 6.92 Å². The summed E-state index contributed by atoms with van der Waals surface area (Å²) >= 11 is 0. The third-order valence-corrected chi connectivity index (χ3v) is 3.04. The van der Waals surface area contributed by atoms with Crippen LogP contribution in [0.25, 0.3) is 0 Å². The van der Waals surface area contributed by atoms with Crippen molar-refractivity contribution in [2.75, 3.05) is 7.11 Å². The lowest BCUT2D eigenvalue weighted by Gasteiger charge is -2.39. The van der Waals surface area contributed by atoms with E-state index in [4.69, 9.17) is 5.26 Å². The van der Waals surface area contributed by atoms with Gasteiger partial charge in [-0.2, -0.15) is 36.0 Å². The van der Waals surface area contributed by atoms with Crippen LogP contribution in [0.15, 0.2) is 12.1 Å². The van der Waals surface area contributed by atoms with Gasteiger partial charge < -0.3 is 9.47 Å². The Labute approximate surface area is 122 Å². The predicted molar refractivity (Wildman–Crippen MR) is 60.8 cm³/mol. The normalized spacial score (nSPS) is 14.9. The van der Waals surface area contributed by atoms with Gasteiger partial charge in [-0.05, 0) is 26.2 Å². The molecule has 0 saturated heterocycles. The fourth-order valence-corrected chi connectivity index (χ4v) is 1.58. The molecule has 0 rings (SSSR count). The lowest BCUT2D eigenvalue weighted by Crippen LogP contribution is -2.59. The van der Waals surface area contributed by atoms with Gasteiger partial charge in [-0.25, -0.2) is 0 Å². The molecule has 0 fully saturated rings. The minimum atomic E-state index is -5.56. The number of nitriles is 1. The van der Waals surface area contributed by atoms with E-state index in [9.17, 15) is 30.7 Å². The first-order chi connectivity index (χ1) is 9.95. The van der Waals surface area contributed by atoms with E-state index in [1.54, 1.807) is 6.07 Å². The summed E-state index contributed by atoms with van der Waals surface area (Å²) in [5.74, 6) is -5.10. The third kappa shape index (κ3) is 4.50. The molecule has 0 spiro atoms. The van der Waals surface area contributed by atoms with Gasteiger partial charge in [0.15, 0.2) is 0 Å². The van der Waals surface area contributed by atoms with Gasteiger partial charge in [0.2, 0.25) is 0 Å². The van der Waals surface area contributed by atoms with Crippen LogP contribution in [0.3, 0.4) is 0 Å². The molecule has 0 aliphatic rings. The summed E-state index contributed by atoms with van der Waals surface area (Å²) in [5, 5.41) is 8.31. The van der Waals surface area contributed by atoms with Gasteiger partial charge in [-0.3, -0.25) is 0 Å². The van der Waals surface area contributed by atoms with Crippen LogP contribution in [0, 0.1) is 11.3 Å². The molecule has 3 nitrogen and oxygen atoms in total. The molecule has 0 aromatic carbocycles. The van der Waals surface area contributed by atoms with E-state index in [1.165, 1.54) is 0 Å². The number of hydrogen-bond acceptors (Lipinski definition) is 3. The number of alkyl halides is 4. The van der Waals surface area contributed by atoms with Crippen molar-refractivity contribution in [1.82, 2.24) is 0 Å². The zero-order valence-electron chi connectivity index (χ0n) is 11.7. The Balaban J connectivity index is 5.27. The minimum absolute atomic E-state index is 0.0166. The highest BCUT2D eigenvalue weighted by atomic mass is 19.3. The highest BCUT2D eigenvalue weighted by Gasteiger charge is 2.70. The highest BCUT2D eigenvalue weighted by Crippen LogP contribution is 2.48. The number of rotatable bonds is 9. The average Bonchev–Trinajstić information content (AvgIpc) is 2.42. The van der Waals surface area contributed by atoms with Crippen molar-refractivity contribution in [2.24, 2.45) is 0 Å². The maximum atomic E-state index is 13.9. The van der Waals surface area contributed by atoms with Crippen molar-refractivity contribution in [3.05, 3.63) is 12.1 Å². The van der Waals surface area contributed by atoms with Crippen molar-refractivity contribution in [1.29, 1.82) is 5.26 Å². The second-order valence-corrected chi connectivity index (χ2v) is 4.53. The molecule has 0 amide bonds. The van der Waals surface area contributed by atoms with Gasteiger partial charge in [0.1, 0.15) is 5.60 Å². The Hall–Kier alpha value is -1.50. The van der Waals surface area contributed by atoms with E-state index in [1.807, 2.05) is 0 Å². The fourth-order valence-electron chi connectivity index (χ4n) is 1.58. The molecular formula is C12H14F7NO2. The minimum Gasteiger partial charge on any atom is -0.398 e. The molecule has 10 heteroatoms. The zero-order valence-corrected chi connectivity index (χ0v) is 11.7. The van der Waals surface area contributed by atoms with Crippen molar-refractivity contribution >= 4 is 0 Å². The van der Waals surface area contributed by atoms with E-state index < -0.39 is 36.1 Å². The topological polar surface area (TPSA) is 42.2 Å². The molecule has 0 aromatic rings. The van der Waals surface area contributed by atoms with Crippen LogP contribution in [-0.2, 0) is 9.47 Å². The Morgan fingerprint density at radius 3 is 2.05 bits per heavy atom. The Bertz CT molecular complexity index is 443. The number of methoxy groups -OCH3 is 1. The summed E-state index contributed by atoms with van der Waals surface area (Å²) < 4.78 is 97.6. The van der Waals surface area contributed by atoms with Gasteiger partial charge in [0.25, 0.3) is 0 Å². The van der Waals surface area contributed by atoms with Crippen LogP contribution >= 0.6 is 0 Å². The predicted octanol–water partition coefficient (Wildman–Crippen LogP) is 4.76. The maximum Gasteiger partial charge on any atom is 0.469 e. The summed E-state index contributed by atoms with van der Waals surface area (Å²) in [6, 6.07) is -1.35. The number of halogens is 7. The van der Waals surface area contributed by atoms with Crippen LogP contribution in [0.2, 0.25) is 0 Å². The molecule has 0 radical (unpaired) electrons. The summed E-state index contributed by atoms with van der Waals surface area (Å²) in [4.78, 5) is 0. The first kappa shape index (κ1) is 20.5. The van der Waals surface area contributed by atoms with Gasteiger partial charge in [-0.15, -0.1) is 0 Å². The average molecular weight is 337 g/mol. The van der Waals surface area contributed by atoms with Crippen LogP contribution < -0.4 is 0 Å². The van der Waals surface area contributed by atoms with Gasteiger partial charge in [0.05, 0.1) is 6.07 Å². The highest BCUT2D eigenvalue weighted by molar-refractivity contribution is 4.98. The van der Waals surface area contributed by atoms with Crippen molar-refractivity contribution in [3.8, 4) is 6.07 Å². The molecule has 0 heterocycles. The quantitative estimate of drug-likeness (QED) is 0.346. The monoisotopic (exact) mass is 337 g/mol. The lowest BCUT2D eigenvalue weighted by atomic mass is 9.90. The Kier molecular flexibility index (Phi) is 7.15. The second-order valence-electron chi connectivity index (χ2n) is 4.53. The molecule has 0 saturated carbocycles. The maximum absolute atomic E-state index is 13.9. The standard InChI is InChI=1S/C12H14F7NO2/c1-10(21-2,6-4-3-5-7-20)11(16,17)12(18,19)22-9(15)8(13)14/h3-6H2,1-2H3. The fraction of sp³-hybridized carbons (Fsp3) is 0.750. The van der Waals surface area contributed by atoms with Crippen LogP contribution in [0.5, 0.6) is 0 Å². The van der Waals surface area contributed by atoms with Crippen LogP contribution in [0.4, 0.5) is 30.7 Å². The van der Waals surface area contributed by atoms with Crippen molar-refractivity contribution in [2.45, 2.75) is 50.2 Å². The summed E-state index contributed by atoms with van der Waals surface area (Å²) in [6.07, 6.45) is -9.38. The zero-order chi connectivity index (χ0) is 17.6. The van der Waals surface area contributed by atoms with Crippen molar-refractivity contribution < 1.29 is 40.2 Å². The van der Waals surface area contributed by atoms with Gasteiger partial charge in [0, 0.05) is 13.5 Å². The first-order valence-corrected chi connectivity index (χ1v) is 6.02. The SMILES string of the molecule is COC(C)(CCCCC#N)C(F)(F)C(F)(F)OC(F)=C(F)F. The molecule has 0 aromatic heterocycles. The third-order valence-electron chi connectivity index (χ3n) is 3.04. The Morgan fingerprint density at radius 1 is 1.09 bits per heavy atom. The van der Waals surface area contributed by atoms with Crippen LogP contribution in [-0.4, -0.2) is 24.7 Å². The molecule has 1 atom stereocenters.